The van der Waals surface area contributed by atoms with Gasteiger partial charge >= 0.3 is 0 Å². The van der Waals surface area contributed by atoms with Crippen molar-refractivity contribution in [1.82, 2.24) is 29.9 Å². The van der Waals surface area contributed by atoms with Crippen LogP contribution in [0.1, 0.15) is 47.2 Å². The Hall–Kier alpha value is -2.29. The molecule has 8 heteroatoms. The van der Waals surface area contributed by atoms with E-state index in [0.29, 0.717) is 38.0 Å². The van der Waals surface area contributed by atoms with E-state index < -0.39 is 0 Å². The largest absolute Gasteiger partial charge is 0.383 e. The summed E-state index contributed by atoms with van der Waals surface area (Å²) in [5.41, 5.74) is 3.83. The summed E-state index contributed by atoms with van der Waals surface area (Å²) < 4.78 is 7.23. The minimum atomic E-state index is -0.0601. The molecule has 31 heavy (non-hydrogen) atoms. The first-order valence-electron chi connectivity index (χ1n) is 11.4. The van der Waals surface area contributed by atoms with Crippen LogP contribution in [0.15, 0.2) is 24.4 Å². The smallest absolute Gasteiger partial charge is 0.272 e. The summed E-state index contributed by atoms with van der Waals surface area (Å²) in [6.45, 7) is 8.69. The maximum Gasteiger partial charge on any atom is 0.272 e. The van der Waals surface area contributed by atoms with E-state index in [-0.39, 0.29) is 5.91 Å². The van der Waals surface area contributed by atoms with Crippen molar-refractivity contribution in [2.24, 2.45) is 0 Å². The van der Waals surface area contributed by atoms with Crippen molar-refractivity contribution in [3.63, 3.8) is 0 Å². The molecule has 0 aliphatic carbocycles. The average molecular weight is 427 g/mol. The molecule has 0 saturated carbocycles. The number of hydrogen-bond acceptors (Lipinski definition) is 6. The molecule has 2 aromatic heterocycles. The second-order valence-corrected chi connectivity index (χ2v) is 8.41. The Labute approximate surface area is 184 Å². The molecule has 8 nitrogen and oxygen atoms in total. The van der Waals surface area contributed by atoms with Gasteiger partial charge in [-0.25, -0.2) is 0 Å². The number of fused-ring (bicyclic) bond motifs is 1. The lowest BCUT2D eigenvalue weighted by Gasteiger charge is -2.27. The van der Waals surface area contributed by atoms with Gasteiger partial charge in [-0.2, -0.15) is 5.10 Å². The lowest BCUT2D eigenvalue weighted by molar-refractivity contribution is 0.0932. The van der Waals surface area contributed by atoms with E-state index >= 15 is 0 Å². The minimum absolute atomic E-state index is 0.0601. The summed E-state index contributed by atoms with van der Waals surface area (Å²) in [6, 6.07) is 6.43. The lowest BCUT2D eigenvalue weighted by Crippen LogP contribution is -2.40. The number of nitrogens with one attached hydrogen (secondary N) is 1. The highest BCUT2D eigenvalue weighted by molar-refractivity contribution is 5.94. The van der Waals surface area contributed by atoms with Crippen molar-refractivity contribution in [2.45, 2.75) is 51.9 Å². The van der Waals surface area contributed by atoms with E-state index in [9.17, 15) is 4.79 Å². The molecule has 0 bridgehead atoms. The first-order valence-corrected chi connectivity index (χ1v) is 11.4. The van der Waals surface area contributed by atoms with E-state index in [0.717, 1.165) is 56.0 Å². The lowest BCUT2D eigenvalue weighted by atomic mass is 10.0. The van der Waals surface area contributed by atoms with Crippen molar-refractivity contribution in [3.8, 4) is 0 Å². The molecule has 4 rings (SSSR count). The maximum absolute atomic E-state index is 13.2. The average Bonchev–Trinajstić information content (AvgIpc) is 3.40. The second kappa shape index (κ2) is 10.3. The number of nitrogens with zero attached hydrogens (tertiary/aromatic N) is 5. The van der Waals surface area contributed by atoms with Gasteiger partial charge < -0.3 is 10.1 Å². The molecule has 1 unspecified atom stereocenters. The van der Waals surface area contributed by atoms with Gasteiger partial charge in [0.25, 0.3) is 5.91 Å². The molecule has 0 spiro atoms. The number of ether oxygens (including phenoxy) is 1. The highest BCUT2D eigenvalue weighted by Gasteiger charge is 2.29. The van der Waals surface area contributed by atoms with Crippen molar-refractivity contribution < 1.29 is 9.53 Å². The Morgan fingerprint density at radius 2 is 2.23 bits per heavy atom. The number of aromatic nitrogens is 3. The molecule has 1 fully saturated rings. The molecule has 1 saturated heterocycles. The quantitative estimate of drug-likeness (QED) is 0.658. The topological polar surface area (TPSA) is 75.5 Å². The predicted octanol–water partition coefficient (Wildman–Crippen LogP) is 1.70. The van der Waals surface area contributed by atoms with E-state index in [1.54, 1.807) is 7.11 Å². The van der Waals surface area contributed by atoms with Crippen LogP contribution in [-0.4, -0.2) is 76.4 Å². The number of likely N-dealkylation sites (tertiary alicyclic amines) is 1. The van der Waals surface area contributed by atoms with Crippen molar-refractivity contribution in [3.05, 3.63) is 47.0 Å². The van der Waals surface area contributed by atoms with E-state index in [2.05, 4.69) is 27.0 Å². The van der Waals surface area contributed by atoms with Crippen LogP contribution in [0, 0.1) is 0 Å². The Balaban J connectivity index is 1.49. The molecule has 2 aliphatic rings. The number of rotatable bonds is 9. The molecular formula is C23H34N6O2. The maximum atomic E-state index is 13.2. The molecule has 1 atom stereocenters. The van der Waals surface area contributed by atoms with Gasteiger partial charge in [0.2, 0.25) is 0 Å². The van der Waals surface area contributed by atoms with E-state index in [4.69, 9.17) is 9.84 Å². The van der Waals surface area contributed by atoms with Gasteiger partial charge in [0.15, 0.2) is 5.69 Å². The van der Waals surface area contributed by atoms with Crippen molar-refractivity contribution >= 4 is 5.91 Å². The molecule has 1 N–H and O–H groups in total. The standard InChI is InChI=1S/C23H34N6O2/c1-3-28-11-6-8-19(28)15-25-23(30)22-20-17-27(16-18-7-4-5-10-24-18)12-9-21(20)29(26-22)13-14-31-2/h4-5,7,10,19H,3,6,8-9,11-17H2,1-2H3,(H,25,30). The first kappa shape index (κ1) is 21.9. The monoisotopic (exact) mass is 426 g/mol. The van der Waals surface area contributed by atoms with Gasteiger partial charge in [0, 0.05) is 63.2 Å². The van der Waals surface area contributed by atoms with Crippen molar-refractivity contribution in [2.75, 3.05) is 39.9 Å². The predicted molar refractivity (Wildman–Crippen MR) is 119 cm³/mol. The van der Waals surface area contributed by atoms with Crippen LogP contribution in [0.2, 0.25) is 0 Å². The number of carbonyl (C=O) groups excluding carboxylic acids is 1. The van der Waals surface area contributed by atoms with Crippen LogP contribution in [-0.2, 0) is 30.8 Å². The number of likely N-dealkylation sites (N-methyl/N-ethyl adjacent to an activating group) is 1. The van der Waals surface area contributed by atoms with Crippen LogP contribution in [0.5, 0.6) is 0 Å². The number of carbonyl (C=O) groups is 1. The SMILES string of the molecule is CCN1CCCC1CNC(=O)c1nn(CCOC)c2c1CN(Cc1ccccn1)CC2. The Kier molecular flexibility index (Phi) is 7.32. The first-order chi connectivity index (χ1) is 15.2. The van der Waals surface area contributed by atoms with Gasteiger partial charge in [0.1, 0.15) is 0 Å². The molecule has 2 aromatic rings. The third-order valence-electron chi connectivity index (χ3n) is 6.45. The molecule has 168 valence electrons. The fraction of sp³-hybridized carbons (Fsp3) is 0.609. The fourth-order valence-electron chi connectivity index (χ4n) is 4.78. The molecule has 1 amide bonds. The Morgan fingerprint density at radius 3 is 3.00 bits per heavy atom. The van der Waals surface area contributed by atoms with Crippen molar-refractivity contribution in [1.29, 1.82) is 0 Å². The van der Waals surface area contributed by atoms with Crippen LogP contribution >= 0.6 is 0 Å². The highest BCUT2D eigenvalue weighted by atomic mass is 16.5. The molecule has 2 aliphatic heterocycles. The number of hydrogen-bond donors (Lipinski definition) is 1. The number of pyridine rings is 1. The Morgan fingerprint density at radius 1 is 1.32 bits per heavy atom. The second-order valence-electron chi connectivity index (χ2n) is 8.41. The summed E-state index contributed by atoms with van der Waals surface area (Å²) in [6.07, 6.45) is 5.05. The van der Waals surface area contributed by atoms with Crippen LogP contribution in [0.3, 0.4) is 0 Å². The van der Waals surface area contributed by atoms with Gasteiger partial charge in [-0.3, -0.25) is 24.3 Å². The zero-order valence-corrected chi connectivity index (χ0v) is 18.7. The molecule has 0 aromatic carbocycles. The summed E-state index contributed by atoms with van der Waals surface area (Å²) >= 11 is 0. The normalized spacial score (nSPS) is 19.5. The highest BCUT2D eigenvalue weighted by Crippen LogP contribution is 2.24. The van der Waals surface area contributed by atoms with E-state index in [1.165, 1.54) is 6.42 Å². The van der Waals surface area contributed by atoms with Gasteiger partial charge in [0.05, 0.1) is 18.8 Å². The number of methoxy groups -OCH3 is 1. The van der Waals surface area contributed by atoms with Crippen LogP contribution < -0.4 is 5.32 Å². The minimum Gasteiger partial charge on any atom is -0.383 e. The summed E-state index contributed by atoms with van der Waals surface area (Å²) in [5.74, 6) is -0.0601. The van der Waals surface area contributed by atoms with Crippen LogP contribution in [0.25, 0.3) is 0 Å². The van der Waals surface area contributed by atoms with Gasteiger partial charge in [-0.1, -0.05) is 13.0 Å². The van der Waals surface area contributed by atoms with E-state index in [1.807, 2.05) is 29.1 Å². The summed E-state index contributed by atoms with van der Waals surface area (Å²) in [7, 11) is 1.69. The van der Waals surface area contributed by atoms with Gasteiger partial charge in [-0.05, 0) is 38.1 Å². The molecule has 0 radical (unpaired) electrons. The Bertz CT molecular complexity index is 868. The summed E-state index contributed by atoms with van der Waals surface area (Å²) in [4.78, 5) is 22.4. The van der Waals surface area contributed by atoms with Crippen LogP contribution in [0.4, 0.5) is 0 Å². The summed E-state index contributed by atoms with van der Waals surface area (Å²) in [5, 5.41) is 7.89. The zero-order valence-electron chi connectivity index (χ0n) is 18.7. The third-order valence-corrected chi connectivity index (χ3v) is 6.45. The molecule has 4 heterocycles. The fourth-order valence-corrected chi connectivity index (χ4v) is 4.78. The zero-order chi connectivity index (χ0) is 21.6. The molecular weight excluding hydrogens is 392 g/mol. The number of amides is 1. The third kappa shape index (κ3) is 5.14. The van der Waals surface area contributed by atoms with Gasteiger partial charge in [-0.15, -0.1) is 0 Å².